The molecule has 4 aromatic rings. The summed E-state index contributed by atoms with van der Waals surface area (Å²) in [7, 11) is -0.449. The predicted octanol–water partition coefficient (Wildman–Crippen LogP) is 3.43. The maximum atomic E-state index is 13.1. The molecule has 0 saturated heterocycles. The van der Waals surface area contributed by atoms with Crippen molar-refractivity contribution >= 4 is 38.3 Å². The van der Waals surface area contributed by atoms with Crippen LogP contribution in [0, 0.1) is 0 Å². The van der Waals surface area contributed by atoms with E-state index in [9.17, 15) is 13.2 Å². The molecular weight excluding hydrogens is 498 g/mol. The van der Waals surface area contributed by atoms with Crippen molar-refractivity contribution in [2.45, 2.75) is 36.1 Å². The Morgan fingerprint density at radius 3 is 2.66 bits per heavy atom. The Kier molecular flexibility index (Phi) is 4.96. The molecule has 7 rings (SSSR count). The minimum atomic E-state index is -3.57. The number of fused-ring (bicyclic) bond motifs is 5. The molecule has 0 saturated carbocycles. The van der Waals surface area contributed by atoms with Crippen LogP contribution < -0.4 is 10.2 Å². The van der Waals surface area contributed by atoms with Gasteiger partial charge in [-0.3, -0.25) is 9.78 Å². The average molecular weight is 526 g/mol. The van der Waals surface area contributed by atoms with Crippen molar-refractivity contribution in [1.82, 2.24) is 14.3 Å². The van der Waals surface area contributed by atoms with Crippen LogP contribution in [0.5, 0.6) is 0 Å². The first kappa shape index (κ1) is 23.3. The number of carbonyl (C=O) groups excluding carboxylic acids is 1. The van der Waals surface area contributed by atoms with Gasteiger partial charge in [-0.2, -0.15) is 0 Å². The number of aromatic nitrogens is 2. The molecule has 2 aliphatic heterocycles. The highest BCUT2D eigenvalue weighted by molar-refractivity contribution is 7.89. The third-order valence-electron chi connectivity index (χ3n) is 8.20. The fourth-order valence-electron chi connectivity index (χ4n) is 6.28. The second-order valence-corrected chi connectivity index (χ2v) is 12.7. The van der Waals surface area contributed by atoms with Gasteiger partial charge in [-0.05, 0) is 66.3 Å². The summed E-state index contributed by atoms with van der Waals surface area (Å²) in [4.78, 5) is 24.9. The summed E-state index contributed by atoms with van der Waals surface area (Å²) in [5.74, 6) is 0.674. The molecule has 1 N–H and O–H groups in total. The van der Waals surface area contributed by atoms with E-state index >= 15 is 0 Å². The fraction of sp³-hybridized carbons (Fsp3) is 0.276. The van der Waals surface area contributed by atoms with Gasteiger partial charge in [-0.15, -0.1) is 0 Å². The first-order valence-corrected chi connectivity index (χ1v) is 14.2. The smallest absolute Gasteiger partial charge is 0.244 e. The topological polar surface area (TPSA) is 95.5 Å². The highest BCUT2D eigenvalue weighted by Gasteiger charge is 2.51. The highest BCUT2D eigenvalue weighted by Crippen LogP contribution is 2.47. The molecule has 1 aliphatic carbocycles. The second-order valence-electron chi connectivity index (χ2n) is 10.6. The van der Waals surface area contributed by atoms with Gasteiger partial charge in [0, 0.05) is 37.8 Å². The van der Waals surface area contributed by atoms with Crippen molar-refractivity contribution < 1.29 is 13.2 Å². The largest absolute Gasteiger partial charge is 0.364 e. The average Bonchev–Trinajstić information content (AvgIpc) is 3.56. The van der Waals surface area contributed by atoms with Crippen LogP contribution in [0.3, 0.4) is 0 Å². The third-order valence-corrected chi connectivity index (χ3v) is 10.1. The maximum Gasteiger partial charge on any atom is 0.244 e. The lowest BCUT2D eigenvalue weighted by molar-refractivity contribution is -0.120. The van der Waals surface area contributed by atoms with Crippen LogP contribution >= 0.6 is 0 Å². The lowest BCUT2D eigenvalue weighted by atomic mass is 9.79. The minimum absolute atomic E-state index is 0.0104. The van der Waals surface area contributed by atoms with Gasteiger partial charge >= 0.3 is 0 Å². The summed E-state index contributed by atoms with van der Waals surface area (Å²) >= 11 is 0. The van der Waals surface area contributed by atoms with E-state index in [-0.39, 0.29) is 5.91 Å². The first-order valence-electron chi connectivity index (χ1n) is 12.7. The highest BCUT2D eigenvalue weighted by atomic mass is 32.2. The molecule has 0 radical (unpaired) electrons. The van der Waals surface area contributed by atoms with Crippen LogP contribution in [0.1, 0.15) is 27.9 Å². The number of anilines is 2. The van der Waals surface area contributed by atoms with E-state index in [1.54, 1.807) is 26.4 Å². The molecule has 1 amide bonds. The Bertz CT molecular complexity index is 1770. The van der Waals surface area contributed by atoms with E-state index < -0.39 is 15.4 Å². The first-order chi connectivity index (χ1) is 18.3. The van der Waals surface area contributed by atoms with Gasteiger partial charge in [-0.25, -0.2) is 17.7 Å². The van der Waals surface area contributed by atoms with Crippen LogP contribution in [0.2, 0.25) is 0 Å². The van der Waals surface area contributed by atoms with E-state index in [1.807, 2.05) is 30.3 Å². The fourth-order valence-corrected chi connectivity index (χ4v) is 7.43. The van der Waals surface area contributed by atoms with Gasteiger partial charge in [-0.1, -0.05) is 24.3 Å². The molecule has 1 atom stereocenters. The van der Waals surface area contributed by atoms with Gasteiger partial charge in [0.25, 0.3) is 0 Å². The van der Waals surface area contributed by atoms with Crippen molar-refractivity contribution in [3.8, 4) is 0 Å². The summed E-state index contributed by atoms with van der Waals surface area (Å²) < 4.78 is 27.3. The van der Waals surface area contributed by atoms with E-state index in [4.69, 9.17) is 4.98 Å². The van der Waals surface area contributed by atoms with Gasteiger partial charge < -0.3 is 10.2 Å². The minimum Gasteiger partial charge on any atom is -0.364 e. The Morgan fingerprint density at radius 1 is 1.03 bits per heavy atom. The number of rotatable bonds is 4. The van der Waals surface area contributed by atoms with Gasteiger partial charge in [0.1, 0.15) is 10.7 Å². The number of amides is 1. The van der Waals surface area contributed by atoms with Gasteiger partial charge in [0.2, 0.25) is 15.9 Å². The standard InChI is InChI=1S/C29H27N5O3S/c1-33(2)38(36,37)25-7-3-5-18-10-12-34(26(18)25)17-22-9-8-19-13-20-15-29(16-21(20)14-24(19)31-22)23-6-4-11-30-27(23)32-28(29)35/h3-9,11,13-14H,10,12,15-17H2,1-2H3,(H,30,32,35). The molecule has 2 aromatic carbocycles. The van der Waals surface area contributed by atoms with Crippen molar-refractivity contribution in [3.05, 3.63) is 88.7 Å². The Hall–Kier alpha value is -3.82. The van der Waals surface area contributed by atoms with E-state index in [1.165, 1.54) is 9.87 Å². The summed E-state index contributed by atoms with van der Waals surface area (Å²) in [5.41, 5.74) is 6.25. The Morgan fingerprint density at radius 2 is 1.84 bits per heavy atom. The van der Waals surface area contributed by atoms with E-state index in [0.29, 0.717) is 30.1 Å². The Labute approximate surface area is 221 Å². The molecule has 1 spiro atoms. The maximum absolute atomic E-state index is 13.1. The zero-order valence-corrected chi connectivity index (χ0v) is 22.0. The molecule has 38 heavy (non-hydrogen) atoms. The molecule has 8 nitrogen and oxygen atoms in total. The lowest BCUT2D eigenvalue weighted by Crippen LogP contribution is -2.35. The normalized spacial score (nSPS) is 19.8. The lowest BCUT2D eigenvalue weighted by Gasteiger charge is -2.23. The van der Waals surface area contributed by atoms with Crippen LogP contribution in [0.4, 0.5) is 11.5 Å². The van der Waals surface area contributed by atoms with Crippen LogP contribution in [0.25, 0.3) is 10.9 Å². The number of pyridine rings is 2. The number of sulfonamides is 1. The van der Waals surface area contributed by atoms with Gasteiger partial charge in [0.15, 0.2) is 0 Å². The molecule has 0 fully saturated rings. The molecule has 192 valence electrons. The van der Waals surface area contributed by atoms with Crippen molar-refractivity contribution in [1.29, 1.82) is 0 Å². The number of para-hydroxylation sites is 1. The number of benzene rings is 2. The molecule has 2 aromatic heterocycles. The number of hydrogen-bond acceptors (Lipinski definition) is 6. The summed E-state index contributed by atoms with van der Waals surface area (Å²) in [6.45, 7) is 1.26. The molecule has 0 bridgehead atoms. The van der Waals surface area contributed by atoms with Crippen molar-refractivity contribution in [3.63, 3.8) is 0 Å². The van der Waals surface area contributed by atoms with E-state index in [0.717, 1.165) is 51.9 Å². The van der Waals surface area contributed by atoms with E-state index in [2.05, 4.69) is 33.4 Å². The number of nitrogens with zero attached hydrogens (tertiary/aromatic N) is 4. The molecular formula is C29H27N5O3S. The zero-order valence-electron chi connectivity index (χ0n) is 21.2. The molecule has 9 heteroatoms. The van der Waals surface area contributed by atoms with Crippen molar-refractivity contribution in [2.24, 2.45) is 0 Å². The van der Waals surface area contributed by atoms with Crippen LogP contribution in [-0.2, 0) is 46.0 Å². The molecule has 3 aliphatic rings. The van der Waals surface area contributed by atoms with Crippen molar-refractivity contribution in [2.75, 3.05) is 30.9 Å². The Balaban J connectivity index is 1.22. The third kappa shape index (κ3) is 3.31. The summed E-state index contributed by atoms with van der Waals surface area (Å²) in [6.07, 6.45) is 3.78. The zero-order chi connectivity index (χ0) is 26.2. The number of hydrogen-bond donors (Lipinski definition) is 1. The van der Waals surface area contributed by atoms with Crippen LogP contribution in [-0.4, -0.2) is 49.2 Å². The second kappa shape index (κ2) is 8.09. The van der Waals surface area contributed by atoms with Gasteiger partial charge in [0.05, 0.1) is 28.9 Å². The quantitative estimate of drug-likeness (QED) is 0.439. The monoisotopic (exact) mass is 525 g/mol. The number of nitrogens with one attached hydrogen (secondary N) is 1. The SMILES string of the molecule is CN(C)S(=O)(=O)c1cccc2c1N(Cc1ccc3cc4c(cc3n1)CC1(C4)C(=O)Nc3ncccc31)CC2. The predicted molar refractivity (Wildman–Crippen MR) is 146 cm³/mol. The van der Waals surface area contributed by atoms with Crippen LogP contribution in [0.15, 0.2) is 65.7 Å². The molecule has 4 heterocycles. The summed E-state index contributed by atoms with van der Waals surface area (Å²) in [5, 5.41) is 4.00. The summed E-state index contributed by atoms with van der Waals surface area (Å²) in [6, 6.07) is 17.8. The number of carbonyl (C=O) groups is 1. The molecule has 1 unspecified atom stereocenters.